The number of nitrogens with one attached hydrogen (secondary N) is 2. The van der Waals surface area contributed by atoms with Gasteiger partial charge in [0.1, 0.15) is 0 Å². The zero-order chi connectivity index (χ0) is 10.2. The smallest absolute Gasteiger partial charge is 0.223 e. The van der Waals surface area contributed by atoms with Crippen molar-refractivity contribution in [2.75, 3.05) is 19.6 Å². The minimum Gasteiger partial charge on any atom is -0.356 e. The fraction of sp³-hybridized carbons (Fsp3) is 0.800. The van der Waals surface area contributed by atoms with E-state index in [1.807, 2.05) is 0 Å². The summed E-state index contributed by atoms with van der Waals surface area (Å²) in [6, 6.07) is 2.06. The summed E-state index contributed by atoms with van der Waals surface area (Å²) in [5.74, 6) is 0.336. The first-order valence-electron chi connectivity index (χ1n) is 5.20. The molecule has 0 radical (unpaired) electrons. The van der Waals surface area contributed by atoms with Crippen LogP contribution in [0.4, 0.5) is 0 Å². The average Bonchev–Trinajstić information content (AvgIpc) is 2.25. The van der Waals surface area contributed by atoms with Crippen LogP contribution < -0.4 is 10.6 Å². The van der Waals surface area contributed by atoms with Crippen molar-refractivity contribution in [1.29, 1.82) is 5.26 Å². The van der Waals surface area contributed by atoms with Gasteiger partial charge in [-0.3, -0.25) is 4.79 Å². The Labute approximate surface area is 84.7 Å². The number of nitrogens with zero attached hydrogens (tertiary/aromatic N) is 1. The Bertz CT molecular complexity index is 216. The van der Waals surface area contributed by atoms with E-state index < -0.39 is 0 Å². The van der Waals surface area contributed by atoms with Gasteiger partial charge in [0.15, 0.2) is 0 Å². The molecule has 0 aromatic rings. The van der Waals surface area contributed by atoms with E-state index in [4.69, 9.17) is 5.26 Å². The largest absolute Gasteiger partial charge is 0.356 e. The minimum atomic E-state index is 0.157. The van der Waals surface area contributed by atoms with Crippen molar-refractivity contribution in [3.05, 3.63) is 0 Å². The SMILES string of the molecule is N#CCCCNC(=O)C1CCNCC1. The number of unbranched alkanes of at least 4 members (excludes halogenated alkanes) is 1. The molecule has 0 atom stereocenters. The van der Waals surface area contributed by atoms with Crippen molar-refractivity contribution < 1.29 is 4.79 Å². The van der Waals surface area contributed by atoms with Gasteiger partial charge in [0.25, 0.3) is 0 Å². The van der Waals surface area contributed by atoms with Gasteiger partial charge in [0, 0.05) is 18.9 Å². The van der Waals surface area contributed by atoms with Crippen molar-refractivity contribution in [3.63, 3.8) is 0 Å². The topological polar surface area (TPSA) is 64.9 Å². The first kappa shape index (κ1) is 11.0. The molecule has 4 nitrogen and oxygen atoms in total. The quantitative estimate of drug-likeness (QED) is 0.638. The van der Waals surface area contributed by atoms with Crippen molar-refractivity contribution >= 4 is 5.91 Å². The van der Waals surface area contributed by atoms with Gasteiger partial charge >= 0.3 is 0 Å². The summed E-state index contributed by atoms with van der Waals surface area (Å²) in [7, 11) is 0. The van der Waals surface area contributed by atoms with Crippen LogP contribution in [-0.4, -0.2) is 25.5 Å². The van der Waals surface area contributed by atoms with Crippen molar-refractivity contribution in [1.82, 2.24) is 10.6 Å². The third-order valence-corrected chi connectivity index (χ3v) is 2.47. The molecule has 0 unspecified atom stereocenters. The standard InChI is InChI=1S/C10H17N3O/c11-5-1-2-6-13-10(14)9-3-7-12-8-4-9/h9,12H,1-4,6-8H2,(H,13,14). The normalized spacial score (nSPS) is 17.4. The van der Waals surface area contributed by atoms with Gasteiger partial charge in [0.05, 0.1) is 6.07 Å². The predicted molar refractivity (Wildman–Crippen MR) is 53.5 cm³/mol. The van der Waals surface area contributed by atoms with E-state index in [0.717, 1.165) is 32.4 Å². The molecule has 0 spiro atoms. The molecule has 0 aliphatic carbocycles. The second-order valence-corrected chi connectivity index (χ2v) is 3.58. The van der Waals surface area contributed by atoms with Crippen LogP contribution in [0.2, 0.25) is 0 Å². The van der Waals surface area contributed by atoms with Crippen LogP contribution >= 0.6 is 0 Å². The number of hydrogen-bond acceptors (Lipinski definition) is 3. The summed E-state index contributed by atoms with van der Waals surface area (Å²) in [6.07, 6.45) is 3.15. The summed E-state index contributed by atoms with van der Waals surface area (Å²) in [5.41, 5.74) is 0. The monoisotopic (exact) mass is 195 g/mol. The van der Waals surface area contributed by atoms with Gasteiger partial charge in [-0.15, -0.1) is 0 Å². The number of rotatable bonds is 4. The zero-order valence-corrected chi connectivity index (χ0v) is 8.38. The van der Waals surface area contributed by atoms with Gasteiger partial charge in [-0.25, -0.2) is 0 Å². The maximum absolute atomic E-state index is 11.5. The number of hydrogen-bond donors (Lipinski definition) is 2. The molecule has 0 aromatic heterocycles. The molecular weight excluding hydrogens is 178 g/mol. The van der Waals surface area contributed by atoms with Crippen LogP contribution in [0.3, 0.4) is 0 Å². The Kier molecular flexibility index (Phi) is 5.02. The van der Waals surface area contributed by atoms with Gasteiger partial charge in [0.2, 0.25) is 5.91 Å². The molecule has 1 saturated heterocycles. The van der Waals surface area contributed by atoms with E-state index in [-0.39, 0.29) is 11.8 Å². The van der Waals surface area contributed by atoms with Crippen LogP contribution in [-0.2, 0) is 4.79 Å². The molecule has 2 N–H and O–H groups in total. The van der Waals surface area contributed by atoms with E-state index in [9.17, 15) is 4.79 Å². The molecule has 1 rings (SSSR count). The van der Waals surface area contributed by atoms with Gasteiger partial charge in [-0.2, -0.15) is 5.26 Å². The maximum atomic E-state index is 11.5. The molecule has 0 saturated carbocycles. The molecule has 78 valence electrons. The molecule has 1 aliphatic rings. The summed E-state index contributed by atoms with van der Waals surface area (Å²) in [4.78, 5) is 11.5. The number of piperidine rings is 1. The Morgan fingerprint density at radius 1 is 1.50 bits per heavy atom. The fourth-order valence-electron chi connectivity index (χ4n) is 1.61. The third kappa shape index (κ3) is 3.75. The highest BCUT2D eigenvalue weighted by molar-refractivity contribution is 5.78. The summed E-state index contributed by atoms with van der Waals surface area (Å²) < 4.78 is 0. The van der Waals surface area contributed by atoms with Crippen LogP contribution in [0.1, 0.15) is 25.7 Å². The molecule has 14 heavy (non-hydrogen) atoms. The number of amides is 1. The first-order valence-corrected chi connectivity index (χ1v) is 5.20. The lowest BCUT2D eigenvalue weighted by Gasteiger charge is -2.21. The molecule has 4 heteroatoms. The summed E-state index contributed by atoms with van der Waals surface area (Å²) in [6.45, 7) is 2.52. The summed E-state index contributed by atoms with van der Waals surface area (Å²) in [5, 5.41) is 14.4. The van der Waals surface area contributed by atoms with Gasteiger partial charge < -0.3 is 10.6 Å². The lowest BCUT2D eigenvalue weighted by molar-refractivity contribution is -0.125. The molecule has 1 aliphatic heterocycles. The molecular formula is C10H17N3O. The number of carbonyl (C=O) groups excluding carboxylic acids is 1. The van der Waals surface area contributed by atoms with E-state index in [0.29, 0.717) is 13.0 Å². The molecule has 1 amide bonds. The first-order chi connectivity index (χ1) is 6.84. The minimum absolute atomic E-state index is 0.157. The molecule has 1 fully saturated rings. The number of carbonyl (C=O) groups is 1. The average molecular weight is 195 g/mol. The Hall–Kier alpha value is -1.08. The predicted octanol–water partition coefficient (Wildman–Crippen LogP) is 0.406. The highest BCUT2D eigenvalue weighted by Crippen LogP contribution is 2.11. The van der Waals surface area contributed by atoms with Crippen LogP contribution in [0, 0.1) is 17.2 Å². The highest BCUT2D eigenvalue weighted by atomic mass is 16.1. The van der Waals surface area contributed by atoms with Crippen LogP contribution in [0.15, 0.2) is 0 Å². The number of nitriles is 1. The summed E-state index contributed by atoms with van der Waals surface area (Å²) >= 11 is 0. The van der Waals surface area contributed by atoms with Gasteiger partial charge in [-0.05, 0) is 32.4 Å². The molecule has 0 bridgehead atoms. The maximum Gasteiger partial charge on any atom is 0.223 e. The van der Waals surface area contributed by atoms with Gasteiger partial charge in [-0.1, -0.05) is 0 Å². The molecule has 0 aromatic carbocycles. The Balaban J connectivity index is 2.11. The Morgan fingerprint density at radius 2 is 2.21 bits per heavy atom. The van der Waals surface area contributed by atoms with Crippen molar-refractivity contribution in [3.8, 4) is 6.07 Å². The second kappa shape index (κ2) is 6.39. The zero-order valence-electron chi connectivity index (χ0n) is 8.38. The Morgan fingerprint density at radius 3 is 2.86 bits per heavy atom. The third-order valence-electron chi connectivity index (χ3n) is 2.47. The highest BCUT2D eigenvalue weighted by Gasteiger charge is 2.19. The molecule has 1 heterocycles. The van der Waals surface area contributed by atoms with Crippen molar-refractivity contribution in [2.24, 2.45) is 5.92 Å². The van der Waals surface area contributed by atoms with E-state index in [1.165, 1.54) is 0 Å². The lowest BCUT2D eigenvalue weighted by atomic mass is 9.97. The van der Waals surface area contributed by atoms with E-state index in [2.05, 4.69) is 16.7 Å². The lowest BCUT2D eigenvalue weighted by Crippen LogP contribution is -2.38. The van der Waals surface area contributed by atoms with Crippen molar-refractivity contribution in [2.45, 2.75) is 25.7 Å². The fourth-order valence-corrected chi connectivity index (χ4v) is 1.61. The van der Waals surface area contributed by atoms with E-state index >= 15 is 0 Å². The van der Waals surface area contributed by atoms with Crippen LogP contribution in [0.25, 0.3) is 0 Å². The van der Waals surface area contributed by atoms with Crippen LogP contribution in [0.5, 0.6) is 0 Å². The van der Waals surface area contributed by atoms with E-state index in [1.54, 1.807) is 0 Å². The second-order valence-electron chi connectivity index (χ2n) is 3.58.